The van der Waals surface area contributed by atoms with Crippen molar-refractivity contribution in [2.75, 3.05) is 5.32 Å². The number of nitrogens with one attached hydrogen (secondary N) is 1. The molecule has 0 heterocycles. The maximum atomic E-state index is 14.3. The van der Waals surface area contributed by atoms with E-state index >= 15 is 0 Å². The molecule has 1 unspecified atom stereocenters. The number of carbonyl (C=O) groups excluding carboxylic acids is 2. The molecule has 0 aliphatic carbocycles. The predicted molar refractivity (Wildman–Crippen MR) is 107 cm³/mol. The van der Waals surface area contributed by atoms with Crippen molar-refractivity contribution < 1.29 is 23.1 Å². The van der Waals surface area contributed by atoms with Gasteiger partial charge < -0.3 is 10.1 Å². The second kappa shape index (κ2) is 9.89. The predicted octanol–water partition coefficient (Wildman–Crippen LogP) is 5.69. The zero-order valence-electron chi connectivity index (χ0n) is 15.6. The molecule has 1 atom stereocenters. The van der Waals surface area contributed by atoms with Crippen LogP contribution in [0.2, 0.25) is 5.02 Å². The minimum Gasteiger partial charge on any atom is -0.462 e. The van der Waals surface area contributed by atoms with Crippen LogP contribution in [0.15, 0.2) is 41.3 Å². The van der Waals surface area contributed by atoms with E-state index in [4.69, 9.17) is 16.3 Å². The molecule has 0 aliphatic heterocycles. The average molecular weight is 428 g/mol. The number of rotatable bonds is 7. The highest BCUT2D eigenvalue weighted by Gasteiger charge is 2.23. The van der Waals surface area contributed by atoms with E-state index in [0.29, 0.717) is 11.3 Å². The molecule has 2 aromatic rings. The van der Waals surface area contributed by atoms with Gasteiger partial charge in [0.2, 0.25) is 0 Å². The van der Waals surface area contributed by atoms with Crippen LogP contribution in [0.4, 0.5) is 14.5 Å². The summed E-state index contributed by atoms with van der Waals surface area (Å²) in [4.78, 5) is 24.9. The third kappa shape index (κ3) is 5.94. The lowest BCUT2D eigenvalue weighted by Crippen LogP contribution is -2.22. The van der Waals surface area contributed by atoms with E-state index in [2.05, 4.69) is 5.32 Å². The Labute approximate surface area is 171 Å². The second-order valence-electron chi connectivity index (χ2n) is 6.23. The lowest BCUT2D eigenvalue weighted by atomic mass is 10.2. The fourth-order valence-electron chi connectivity index (χ4n) is 2.30. The number of amides is 1. The van der Waals surface area contributed by atoms with Gasteiger partial charge in [-0.15, -0.1) is 11.8 Å². The van der Waals surface area contributed by atoms with Crippen molar-refractivity contribution in [2.24, 2.45) is 0 Å². The number of benzene rings is 2. The monoisotopic (exact) mass is 427 g/mol. The molecule has 8 heteroatoms. The molecule has 0 saturated carbocycles. The summed E-state index contributed by atoms with van der Waals surface area (Å²) in [7, 11) is 0. The van der Waals surface area contributed by atoms with Gasteiger partial charge >= 0.3 is 5.97 Å². The van der Waals surface area contributed by atoms with Crippen LogP contribution in [0, 0.1) is 11.6 Å². The number of ether oxygens (including phenoxy) is 1. The van der Waals surface area contributed by atoms with Crippen molar-refractivity contribution in [3.8, 4) is 0 Å². The Balaban J connectivity index is 2.23. The molecule has 1 N–H and O–H groups in total. The van der Waals surface area contributed by atoms with E-state index in [1.165, 1.54) is 24.3 Å². The molecule has 1 amide bonds. The van der Waals surface area contributed by atoms with E-state index in [0.717, 1.165) is 23.9 Å². The molecule has 2 aromatic carbocycles. The Bertz CT molecular complexity index is 877. The van der Waals surface area contributed by atoms with Crippen molar-refractivity contribution >= 4 is 40.9 Å². The summed E-state index contributed by atoms with van der Waals surface area (Å²) in [5.74, 6) is -2.37. The minimum absolute atomic E-state index is 0.0514. The summed E-state index contributed by atoms with van der Waals surface area (Å²) < 4.78 is 32.8. The third-order valence-corrected chi connectivity index (χ3v) is 5.44. The van der Waals surface area contributed by atoms with Gasteiger partial charge in [-0.3, -0.25) is 9.59 Å². The fraction of sp³-hybridized carbons (Fsp3) is 0.300. The second-order valence-corrected chi connectivity index (χ2v) is 7.88. The molecule has 0 aliphatic rings. The van der Waals surface area contributed by atoms with Crippen LogP contribution in [-0.2, 0) is 9.53 Å². The van der Waals surface area contributed by atoms with Crippen LogP contribution < -0.4 is 5.32 Å². The number of thioether (sulfide) groups is 1. The van der Waals surface area contributed by atoms with Gasteiger partial charge in [0.1, 0.15) is 16.9 Å². The first-order chi connectivity index (χ1) is 13.2. The van der Waals surface area contributed by atoms with Crippen LogP contribution in [0.3, 0.4) is 0 Å². The van der Waals surface area contributed by atoms with Crippen molar-refractivity contribution in [1.82, 2.24) is 0 Å². The lowest BCUT2D eigenvalue weighted by Gasteiger charge is -2.17. The van der Waals surface area contributed by atoms with Gasteiger partial charge in [0.05, 0.1) is 16.8 Å². The molecule has 4 nitrogen and oxygen atoms in total. The molecule has 0 fully saturated rings. The van der Waals surface area contributed by atoms with Crippen molar-refractivity contribution in [1.29, 1.82) is 0 Å². The van der Waals surface area contributed by atoms with Crippen molar-refractivity contribution in [3.63, 3.8) is 0 Å². The van der Waals surface area contributed by atoms with Gasteiger partial charge in [-0.05, 0) is 50.6 Å². The van der Waals surface area contributed by atoms with E-state index in [9.17, 15) is 18.4 Å². The van der Waals surface area contributed by atoms with E-state index < -0.39 is 28.8 Å². The Hall–Kier alpha value is -2.12. The first-order valence-corrected chi connectivity index (χ1v) is 9.90. The fourth-order valence-corrected chi connectivity index (χ4v) is 3.57. The van der Waals surface area contributed by atoms with Crippen molar-refractivity contribution in [2.45, 2.75) is 43.4 Å². The summed E-state index contributed by atoms with van der Waals surface area (Å²) in [6.07, 6.45) is 0.224. The quantitative estimate of drug-likeness (QED) is 0.455. The number of hydrogen-bond donors (Lipinski definition) is 1. The maximum absolute atomic E-state index is 14.3. The van der Waals surface area contributed by atoms with Gasteiger partial charge in [0.15, 0.2) is 0 Å². The molecule has 2 rings (SSSR count). The third-order valence-electron chi connectivity index (χ3n) is 3.61. The van der Waals surface area contributed by atoms with E-state index in [1.807, 2.05) is 6.92 Å². The van der Waals surface area contributed by atoms with Crippen LogP contribution in [-0.4, -0.2) is 23.2 Å². The van der Waals surface area contributed by atoms with E-state index in [1.54, 1.807) is 13.8 Å². The number of hydrogen-bond acceptors (Lipinski definition) is 4. The Morgan fingerprint density at radius 3 is 2.54 bits per heavy atom. The standard InChI is InChI=1S/C20H20ClF2NO3S/c1-4-17(20(26)27-11(2)3)28-18-10-16(15(23)9-14(18)21)24-19(25)12-6-5-7-13(22)8-12/h5-11,17H,4H2,1-3H3,(H,24,25). The number of carbonyl (C=O) groups is 2. The molecular formula is C20H20ClF2NO3S. The zero-order valence-corrected chi connectivity index (χ0v) is 17.2. The van der Waals surface area contributed by atoms with Gasteiger partial charge in [-0.1, -0.05) is 24.6 Å². The summed E-state index contributed by atoms with van der Waals surface area (Å²) in [5, 5.41) is 1.99. The molecule has 0 aromatic heterocycles. The average Bonchev–Trinajstić information content (AvgIpc) is 2.62. The Morgan fingerprint density at radius 2 is 1.93 bits per heavy atom. The van der Waals surface area contributed by atoms with Gasteiger partial charge in [0.25, 0.3) is 5.91 Å². The van der Waals surface area contributed by atoms with Crippen LogP contribution in [0.5, 0.6) is 0 Å². The highest BCUT2D eigenvalue weighted by molar-refractivity contribution is 8.00. The molecule has 28 heavy (non-hydrogen) atoms. The molecule has 0 saturated heterocycles. The molecular weight excluding hydrogens is 408 g/mol. The molecule has 150 valence electrons. The van der Waals surface area contributed by atoms with Crippen LogP contribution in [0.1, 0.15) is 37.6 Å². The highest BCUT2D eigenvalue weighted by atomic mass is 35.5. The molecule has 0 spiro atoms. The smallest absolute Gasteiger partial charge is 0.319 e. The normalized spacial score (nSPS) is 12.0. The SMILES string of the molecule is CCC(Sc1cc(NC(=O)c2cccc(F)c2)c(F)cc1Cl)C(=O)OC(C)C. The summed E-state index contributed by atoms with van der Waals surface area (Å²) >= 11 is 7.24. The Kier molecular flexibility index (Phi) is 7.83. The highest BCUT2D eigenvalue weighted by Crippen LogP contribution is 2.36. The van der Waals surface area contributed by atoms with Gasteiger partial charge in [-0.2, -0.15) is 0 Å². The first-order valence-electron chi connectivity index (χ1n) is 8.64. The van der Waals surface area contributed by atoms with Gasteiger partial charge in [0, 0.05) is 10.5 Å². The summed E-state index contributed by atoms with van der Waals surface area (Å²) in [6, 6.07) is 7.46. The minimum atomic E-state index is -0.739. The van der Waals surface area contributed by atoms with Crippen LogP contribution >= 0.6 is 23.4 Å². The number of anilines is 1. The topological polar surface area (TPSA) is 55.4 Å². The van der Waals surface area contributed by atoms with Crippen LogP contribution in [0.25, 0.3) is 0 Å². The number of halogens is 3. The van der Waals surface area contributed by atoms with Gasteiger partial charge in [-0.25, -0.2) is 8.78 Å². The van der Waals surface area contributed by atoms with E-state index in [-0.39, 0.29) is 22.4 Å². The summed E-state index contributed by atoms with van der Waals surface area (Å²) in [6.45, 7) is 5.32. The lowest BCUT2D eigenvalue weighted by molar-refractivity contribution is -0.146. The molecule has 0 bridgehead atoms. The summed E-state index contributed by atoms with van der Waals surface area (Å²) in [5.41, 5.74) is -0.0660. The largest absolute Gasteiger partial charge is 0.462 e. The zero-order chi connectivity index (χ0) is 20.8. The van der Waals surface area contributed by atoms with Crippen molar-refractivity contribution in [3.05, 3.63) is 58.6 Å². The Morgan fingerprint density at radius 1 is 1.21 bits per heavy atom. The maximum Gasteiger partial charge on any atom is 0.319 e. The molecule has 0 radical (unpaired) electrons. The first kappa shape index (κ1) is 22.2. The number of esters is 1.